The second kappa shape index (κ2) is 10.1. The number of hydrogen-bond acceptors (Lipinski definition) is 3. The highest BCUT2D eigenvalue weighted by Crippen LogP contribution is 2.16. The quantitative estimate of drug-likeness (QED) is 0.339. The number of nitrogens with two attached hydrogens (primary N) is 1. The maximum Gasteiger partial charge on any atom is 0.188 e. The van der Waals surface area contributed by atoms with Crippen LogP contribution in [0.5, 0.6) is 0 Å². The van der Waals surface area contributed by atoms with Gasteiger partial charge in [0.1, 0.15) is 0 Å². The zero-order valence-electron chi connectivity index (χ0n) is 14.4. The van der Waals surface area contributed by atoms with E-state index in [2.05, 4.69) is 27.2 Å². The van der Waals surface area contributed by atoms with E-state index in [1.807, 2.05) is 0 Å². The van der Waals surface area contributed by atoms with Gasteiger partial charge in [-0.05, 0) is 39.3 Å². The van der Waals surface area contributed by atoms with E-state index >= 15 is 0 Å². The molecule has 2 rings (SSSR count). The molecule has 3 N–H and O–H groups in total. The molecule has 0 aromatic heterocycles. The molecule has 5 heteroatoms. The number of guanidine groups is 1. The largest absolute Gasteiger partial charge is 0.370 e. The van der Waals surface area contributed by atoms with Crippen molar-refractivity contribution in [2.24, 2.45) is 10.7 Å². The van der Waals surface area contributed by atoms with Crippen LogP contribution in [0.2, 0.25) is 0 Å². The van der Waals surface area contributed by atoms with Gasteiger partial charge >= 0.3 is 0 Å². The van der Waals surface area contributed by atoms with E-state index in [0.29, 0.717) is 12.0 Å². The van der Waals surface area contributed by atoms with Crippen LogP contribution in [0.1, 0.15) is 51.4 Å². The molecule has 1 heterocycles. The van der Waals surface area contributed by atoms with Crippen molar-refractivity contribution in [2.45, 2.75) is 57.4 Å². The molecular weight excluding hydrogens is 274 g/mol. The van der Waals surface area contributed by atoms with Gasteiger partial charge in [0.25, 0.3) is 0 Å². The molecule has 0 aromatic carbocycles. The number of rotatable bonds is 6. The summed E-state index contributed by atoms with van der Waals surface area (Å²) < 4.78 is 0. The van der Waals surface area contributed by atoms with E-state index in [4.69, 9.17) is 5.73 Å². The number of nitrogens with zero attached hydrogens (tertiary/aromatic N) is 3. The Morgan fingerprint density at radius 2 is 1.73 bits per heavy atom. The molecule has 1 aliphatic heterocycles. The lowest BCUT2D eigenvalue weighted by molar-refractivity contribution is 0.152. The van der Waals surface area contributed by atoms with Gasteiger partial charge in [0.15, 0.2) is 5.96 Å². The van der Waals surface area contributed by atoms with E-state index in [0.717, 1.165) is 13.0 Å². The molecule has 2 aliphatic rings. The fraction of sp³-hybridized carbons (Fsp3) is 0.941. The zero-order valence-corrected chi connectivity index (χ0v) is 14.4. The molecule has 0 unspecified atom stereocenters. The molecule has 1 aliphatic carbocycles. The molecule has 0 aromatic rings. The smallest absolute Gasteiger partial charge is 0.188 e. The standard InChI is InChI=1S/C17H35N5/c1-21-12-14-22(15-13-21)11-7-6-10-19-17(18)20-16-8-4-2-3-5-9-16/h16H,2-15H2,1H3,(H3,18,19,20). The highest BCUT2D eigenvalue weighted by atomic mass is 15.2. The Hall–Kier alpha value is -0.810. The zero-order chi connectivity index (χ0) is 15.6. The van der Waals surface area contributed by atoms with Gasteiger partial charge < -0.3 is 20.9 Å². The molecule has 2 fully saturated rings. The Morgan fingerprint density at radius 3 is 2.41 bits per heavy atom. The number of piperazine rings is 1. The third-order valence-corrected chi connectivity index (χ3v) is 4.97. The molecule has 22 heavy (non-hydrogen) atoms. The van der Waals surface area contributed by atoms with Gasteiger partial charge in [-0.3, -0.25) is 4.99 Å². The molecule has 128 valence electrons. The van der Waals surface area contributed by atoms with Crippen LogP contribution in [0.15, 0.2) is 4.99 Å². The molecule has 5 nitrogen and oxygen atoms in total. The summed E-state index contributed by atoms with van der Waals surface area (Å²) in [6.07, 6.45) is 10.3. The monoisotopic (exact) mass is 309 g/mol. The van der Waals surface area contributed by atoms with E-state index in [9.17, 15) is 0 Å². The first-order valence-electron chi connectivity index (χ1n) is 9.21. The maximum absolute atomic E-state index is 6.02. The molecule has 1 saturated heterocycles. The average Bonchev–Trinajstić information content (AvgIpc) is 2.77. The van der Waals surface area contributed by atoms with E-state index in [1.54, 1.807) is 0 Å². The molecule has 0 spiro atoms. The van der Waals surface area contributed by atoms with Crippen molar-refractivity contribution in [2.75, 3.05) is 46.3 Å². The predicted octanol–water partition coefficient (Wildman–Crippen LogP) is 1.64. The van der Waals surface area contributed by atoms with E-state index < -0.39 is 0 Å². The van der Waals surface area contributed by atoms with Crippen molar-refractivity contribution in [3.63, 3.8) is 0 Å². The lowest BCUT2D eigenvalue weighted by Crippen LogP contribution is -2.44. The first kappa shape index (κ1) is 17.5. The number of hydrogen-bond donors (Lipinski definition) is 2. The van der Waals surface area contributed by atoms with Crippen molar-refractivity contribution < 1.29 is 0 Å². The summed E-state index contributed by atoms with van der Waals surface area (Å²) in [7, 11) is 2.20. The third-order valence-electron chi connectivity index (χ3n) is 4.97. The number of likely N-dealkylation sites (N-methyl/N-ethyl adjacent to an activating group) is 1. The van der Waals surface area contributed by atoms with Crippen molar-refractivity contribution in [3.05, 3.63) is 0 Å². The van der Waals surface area contributed by atoms with Gasteiger partial charge in [-0.1, -0.05) is 25.7 Å². The van der Waals surface area contributed by atoms with E-state index in [1.165, 1.54) is 77.7 Å². The highest BCUT2D eigenvalue weighted by molar-refractivity contribution is 5.78. The number of nitrogens with one attached hydrogen (secondary N) is 1. The van der Waals surface area contributed by atoms with Crippen molar-refractivity contribution in [1.82, 2.24) is 15.1 Å². The molecule has 0 radical (unpaired) electrons. The predicted molar refractivity (Wildman–Crippen MR) is 94.3 cm³/mol. The number of unbranched alkanes of at least 4 members (excludes halogenated alkanes) is 1. The minimum absolute atomic E-state index is 0.552. The van der Waals surface area contributed by atoms with Crippen LogP contribution in [0.4, 0.5) is 0 Å². The van der Waals surface area contributed by atoms with Gasteiger partial charge in [0.05, 0.1) is 0 Å². The Balaban J connectivity index is 1.52. The molecule has 1 saturated carbocycles. The van der Waals surface area contributed by atoms with Crippen molar-refractivity contribution in [1.29, 1.82) is 0 Å². The van der Waals surface area contributed by atoms with Gasteiger partial charge in [0.2, 0.25) is 0 Å². The van der Waals surface area contributed by atoms with Crippen LogP contribution >= 0.6 is 0 Å². The summed E-state index contributed by atoms with van der Waals surface area (Å²) in [6.45, 7) is 6.90. The topological polar surface area (TPSA) is 56.9 Å². The molecule has 0 amide bonds. The SMILES string of the molecule is CN1CCN(CCCCN=C(N)NC2CCCCCC2)CC1. The minimum atomic E-state index is 0.552. The Labute approximate surface area is 136 Å². The minimum Gasteiger partial charge on any atom is -0.370 e. The van der Waals surface area contributed by atoms with Crippen LogP contribution in [-0.4, -0.2) is 68.1 Å². The van der Waals surface area contributed by atoms with E-state index in [-0.39, 0.29) is 0 Å². The summed E-state index contributed by atoms with van der Waals surface area (Å²) in [6, 6.07) is 0.552. The molecular formula is C17H35N5. The number of aliphatic imine (C=N–C) groups is 1. The lowest BCUT2D eigenvalue weighted by Gasteiger charge is -2.32. The van der Waals surface area contributed by atoms with Gasteiger partial charge in [-0.25, -0.2) is 0 Å². The summed E-state index contributed by atoms with van der Waals surface area (Å²) in [5, 5.41) is 3.42. The average molecular weight is 310 g/mol. The second-order valence-corrected chi connectivity index (χ2v) is 6.95. The van der Waals surface area contributed by atoms with Crippen molar-refractivity contribution >= 4 is 5.96 Å². The third kappa shape index (κ3) is 6.97. The summed E-state index contributed by atoms with van der Waals surface area (Å²) in [4.78, 5) is 9.47. The molecule has 0 bridgehead atoms. The van der Waals surface area contributed by atoms with Crippen LogP contribution < -0.4 is 11.1 Å². The normalized spacial score (nSPS) is 23.4. The Kier molecular flexibility index (Phi) is 8.02. The maximum atomic E-state index is 6.02. The Bertz CT molecular complexity index is 315. The van der Waals surface area contributed by atoms with Crippen molar-refractivity contribution in [3.8, 4) is 0 Å². The highest BCUT2D eigenvalue weighted by Gasteiger charge is 2.13. The van der Waals surface area contributed by atoms with Crippen LogP contribution in [-0.2, 0) is 0 Å². The first-order chi connectivity index (χ1) is 10.7. The molecule has 0 atom stereocenters. The summed E-state index contributed by atoms with van der Waals surface area (Å²) in [5.74, 6) is 0.659. The van der Waals surface area contributed by atoms with Gasteiger partial charge in [-0.2, -0.15) is 0 Å². The van der Waals surface area contributed by atoms with Gasteiger partial charge in [-0.15, -0.1) is 0 Å². The first-order valence-corrected chi connectivity index (χ1v) is 9.21. The van der Waals surface area contributed by atoms with Crippen LogP contribution in [0, 0.1) is 0 Å². The summed E-state index contributed by atoms with van der Waals surface area (Å²) in [5.41, 5.74) is 6.02. The summed E-state index contributed by atoms with van der Waals surface area (Å²) >= 11 is 0. The fourth-order valence-electron chi connectivity index (χ4n) is 3.40. The van der Waals surface area contributed by atoms with Crippen LogP contribution in [0.3, 0.4) is 0 Å². The Morgan fingerprint density at radius 1 is 1.05 bits per heavy atom. The van der Waals surface area contributed by atoms with Gasteiger partial charge in [0, 0.05) is 38.8 Å². The lowest BCUT2D eigenvalue weighted by atomic mass is 10.1. The second-order valence-electron chi connectivity index (χ2n) is 6.95. The fourth-order valence-corrected chi connectivity index (χ4v) is 3.40. The van der Waals surface area contributed by atoms with Crippen LogP contribution in [0.25, 0.3) is 0 Å².